The molecule has 4 rings (SSSR count). The minimum Gasteiger partial charge on any atom is -0.368 e. The van der Waals surface area contributed by atoms with Gasteiger partial charge in [0, 0.05) is 31.0 Å². The van der Waals surface area contributed by atoms with Gasteiger partial charge in [0.25, 0.3) is 5.91 Å². The summed E-state index contributed by atoms with van der Waals surface area (Å²) in [6.45, 7) is 5.20. The van der Waals surface area contributed by atoms with Gasteiger partial charge < -0.3 is 15.0 Å². The second-order valence-corrected chi connectivity index (χ2v) is 9.00. The number of hydrogen-bond donors (Lipinski definition) is 1. The fourth-order valence-corrected chi connectivity index (χ4v) is 5.46. The number of aryl methyl sites for hydroxylation is 1. The number of likely N-dealkylation sites (tertiary alicyclic amines) is 1. The van der Waals surface area contributed by atoms with Crippen LogP contribution >= 0.6 is 11.3 Å². The molecule has 0 bridgehead atoms. The summed E-state index contributed by atoms with van der Waals surface area (Å²) in [5.74, 6) is 0.160. The number of aromatic nitrogens is 1. The van der Waals surface area contributed by atoms with E-state index in [0.717, 1.165) is 62.6 Å². The van der Waals surface area contributed by atoms with Gasteiger partial charge in [-0.2, -0.15) is 0 Å². The lowest BCUT2D eigenvalue weighted by Crippen LogP contribution is -2.58. The maximum absolute atomic E-state index is 13.4. The van der Waals surface area contributed by atoms with Gasteiger partial charge in [-0.15, -0.1) is 11.3 Å². The maximum Gasteiger partial charge on any atom is 0.254 e. The van der Waals surface area contributed by atoms with Crippen molar-refractivity contribution in [2.24, 2.45) is 0 Å². The summed E-state index contributed by atoms with van der Waals surface area (Å²) in [6, 6.07) is 10.7. The fraction of sp³-hybridized carbons (Fsp3) is 0.545. The molecule has 0 aliphatic carbocycles. The van der Waals surface area contributed by atoms with Gasteiger partial charge in [-0.25, -0.2) is 4.98 Å². The minimum absolute atomic E-state index is 0.114. The van der Waals surface area contributed by atoms with E-state index in [4.69, 9.17) is 9.72 Å². The van der Waals surface area contributed by atoms with Crippen LogP contribution in [0.5, 0.6) is 0 Å². The van der Waals surface area contributed by atoms with Crippen LogP contribution in [0.1, 0.15) is 41.9 Å². The van der Waals surface area contributed by atoms with Crippen LogP contribution < -0.4 is 5.32 Å². The van der Waals surface area contributed by atoms with E-state index in [1.54, 1.807) is 18.4 Å². The highest BCUT2D eigenvalue weighted by atomic mass is 32.1. The number of carbonyl (C=O) groups is 1. The molecule has 1 N–H and O–H groups in total. The molecule has 0 radical (unpaired) electrons. The monoisotopic (exact) mass is 399 g/mol. The molecule has 0 unspecified atom stereocenters. The molecule has 1 aromatic heterocycles. The Labute approximate surface area is 171 Å². The van der Waals surface area contributed by atoms with Crippen LogP contribution in [0.25, 0.3) is 0 Å². The Morgan fingerprint density at radius 1 is 1.14 bits per heavy atom. The van der Waals surface area contributed by atoms with Crippen molar-refractivity contribution in [3.63, 3.8) is 0 Å². The third kappa shape index (κ3) is 3.38. The highest BCUT2D eigenvalue weighted by Crippen LogP contribution is 2.42. The quantitative estimate of drug-likeness (QED) is 0.858. The molecule has 3 heterocycles. The number of rotatable bonds is 4. The van der Waals surface area contributed by atoms with E-state index >= 15 is 0 Å². The number of nitrogens with one attached hydrogen (secondary N) is 1. The number of piperidine rings is 2. The lowest BCUT2D eigenvalue weighted by atomic mass is 9.70. The average molecular weight is 400 g/mol. The molecule has 150 valence electrons. The number of carbonyl (C=O) groups excluding carboxylic acids is 1. The van der Waals surface area contributed by atoms with Crippen molar-refractivity contribution in [3.05, 3.63) is 52.0 Å². The fourth-order valence-electron chi connectivity index (χ4n) is 4.75. The van der Waals surface area contributed by atoms with Crippen LogP contribution in [0, 0.1) is 6.92 Å². The van der Waals surface area contributed by atoms with Crippen LogP contribution in [0.2, 0.25) is 0 Å². The van der Waals surface area contributed by atoms with Crippen molar-refractivity contribution in [2.75, 3.05) is 33.3 Å². The van der Waals surface area contributed by atoms with Gasteiger partial charge in [0.15, 0.2) is 0 Å². The number of methoxy groups -OCH3 is 1. The second kappa shape index (κ2) is 7.93. The van der Waals surface area contributed by atoms with Crippen molar-refractivity contribution < 1.29 is 9.53 Å². The topological polar surface area (TPSA) is 54.5 Å². The normalized spacial score (nSPS) is 21.4. The number of amides is 1. The highest BCUT2D eigenvalue weighted by molar-refractivity contribution is 7.09. The highest BCUT2D eigenvalue weighted by Gasteiger charge is 2.46. The molecule has 28 heavy (non-hydrogen) atoms. The Hall–Kier alpha value is -1.76. The molecule has 2 aliphatic rings. The first-order valence-electron chi connectivity index (χ1n) is 10.1. The molecule has 0 atom stereocenters. The lowest BCUT2D eigenvalue weighted by molar-refractivity contribution is -0.159. The Morgan fingerprint density at radius 2 is 1.82 bits per heavy atom. The first kappa shape index (κ1) is 19.6. The molecule has 0 saturated carbocycles. The van der Waals surface area contributed by atoms with Gasteiger partial charge in [-0.3, -0.25) is 4.79 Å². The van der Waals surface area contributed by atoms with Crippen LogP contribution in [0.3, 0.4) is 0 Å². The Bertz CT molecular complexity index is 806. The SMILES string of the molecule is COC1(C(=O)N2CCC(c3ccccc3)(c3csc(C)n3)CC2)CCNCC1. The van der Waals surface area contributed by atoms with E-state index in [0.29, 0.717) is 0 Å². The largest absolute Gasteiger partial charge is 0.368 e. The molecule has 1 aromatic carbocycles. The van der Waals surface area contributed by atoms with E-state index < -0.39 is 5.60 Å². The van der Waals surface area contributed by atoms with Gasteiger partial charge >= 0.3 is 0 Å². The Balaban J connectivity index is 1.58. The standard InChI is InChI=1S/C22H29N3O2S/c1-17-24-19(16-28-17)21(18-6-4-3-5-7-18)10-14-25(15-11-21)20(26)22(27-2)8-12-23-13-9-22/h3-7,16,23H,8-15H2,1-2H3. The zero-order valence-corrected chi connectivity index (χ0v) is 17.6. The molecule has 1 amide bonds. The van der Waals surface area contributed by atoms with Crippen molar-refractivity contribution >= 4 is 17.2 Å². The summed E-state index contributed by atoms with van der Waals surface area (Å²) in [4.78, 5) is 20.2. The number of benzene rings is 1. The summed E-state index contributed by atoms with van der Waals surface area (Å²) in [6.07, 6.45) is 3.27. The minimum atomic E-state index is -0.658. The van der Waals surface area contributed by atoms with Gasteiger partial charge in [0.05, 0.1) is 10.7 Å². The van der Waals surface area contributed by atoms with Crippen molar-refractivity contribution in [1.29, 1.82) is 0 Å². The Kier molecular flexibility index (Phi) is 5.54. The summed E-state index contributed by atoms with van der Waals surface area (Å²) in [7, 11) is 1.68. The molecular formula is C22H29N3O2S. The van der Waals surface area contributed by atoms with Crippen LogP contribution in [-0.4, -0.2) is 54.7 Å². The molecule has 6 heteroatoms. The second-order valence-electron chi connectivity index (χ2n) is 7.94. The number of hydrogen-bond acceptors (Lipinski definition) is 5. The van der Waals surface area contributed by atoms with Gasteiger partial charge in [0.1, 0.15) is 5.60 Å². The molecular weight excluding hydrogens is 370 g/mol. The third-order valence-electron chi connectivity index (χ3n) is 6.53. The van der Waals surface area contributed by atoms with Crippen molar-refractivity contribution in [3.8, 4) is 0 Å². The maximum atomic E-state index is 13.4. The number of thiazole rings is 1. The third-order valence-corrected chi connectivity index (χ3v) is 7.31. The van der Waals surface area contributed by atoms with Gasteiger partial charge in [-0.1, -0.05) is 30.3 Å². The first-order chi connectivity index (χ1) is 13.6. The van der Waals surface area contributed by atoms with Gasteiger partial charge in [-0.05, 0) is 51.3 Å². The van der Waals surface area contributed by atoms with E-state index in [-0.39, 0.29) is 11.3 Å². The summed E-state index contributed by atoms with van der Waals surface area (Å²) in [5, 5.41) is 6.62. The summed E-state index contributed by atoms with van der Waals surface area (Å²) < 4.78 is 5.78. The zero-order chi connectivity index (χ0) is 19.6. The zero-order valence-electron chi connectivity index (χ0n) is 16.7. The average Bonchev–Trinajstić information content (AvgIpc) is 3.21. The smallest absolute Gasteiger partial charge is 0.254 e. The van der Waals surface area contributed by atoms with Gasteiger partial charge in [0.2, 0.25) is 0 Å². The van der Waals surface area contributed by atoms with Crippen molar-refractivity contribution in [2.45, 2.75) is 43.6 Å². The van der Waals surface area contributed by atoms with Crippen LogP contribution in [0.15, 0.2) is 35.7 Å². The van der Waals surface area contributed by atoms with Crippen LogP contribution in [-0.2, 0) is 14.9 Å². The lowest BCUT2D eigenvalue weighted by Gasteiger charge is -2.45. The molecule has 0 spiro atoms. The first-order valence-corrected chi connectivity index (χ1v) is 11.0. The predicted octanol–water partition coefficient (Wildman–Crippen LogP) is 3.13. The number of nitrogens with zero attached hydrogens (tertiary/aromatic N) is 2. The van der Waals surface area contributed by atoms with E-state index in [2.05, 4.69) is 48.0 Å². The van der Waals surface area contributed by atoms with E-state index in [1.807, 2.05) is 4.90 Å². The van der Waals surface area contributed by atoms with E-state index in [1.165, 1.54) is 5.56 Å². The Morgan fingerprint density at radius 3 is 2.39 bits per heavy atom. The summed E-state index contributed by atoms with van der Waals surface area (Å²) in [5.41, 5.74) is 1.68. The molecule has 5 nitrogen and oxygen atoms in total. The molecule has 2 saturated heterocycles. The molecule has 2 aliphatic heterocycles. The van der Waals surface area contributed by atoms with Crippen LogP contribution in [0.4, 0.5) is 0 Å². The number of ether oxygens (including phenoxy) is 1. The molecule has 2 fully saturated rings. The predicted molar refractivity (Wildman–Crippen MR) is 112 cm³/mol. The summed E-state index contributed by atoms with van der Waals surface area (Å²) >= 11 is 1.71. The molecule has 2 aromatic rings. The van der Waals surface area contributed by atoms with Crippen molar-refractivity contribution in [1.82, 2.24) is 15.2 Å². The van der Waals surface area contributed by atoms with E-state index in [9.17, 15) is 4.79 Å².